The first-order valence-electron chi connectivity index (χ1n) is 10.3. The average molecular weight is 457 g/mol. The van der Waals surface area contributed by atoms with Gasteiger partial charge in [-0.25, -0.2) is 4.79 Å². The minimum atomic E-state index is -1.60. The Balaban J connectivity index is 1.74. The van der Waals surface area contributed by atoms with E-state index in [4.69, 9.17) is 21.2 Å². The molecule has 32 heavy (non-hydrogen) atoms. The number of aliphatic hydroxyl groups is 1. The van der Waals surface area contributed by atoms with Crippen molar-refractivity contribution in [1.82, 2.24) is 10.5 Å². The lowest BCUT2D eigenvalue weighted by atomic mass is 9.97. The van der Waals surface area contributed by atoms with Gasteiger partial charge in [0, 0.05) is 23.6 Å². The summed E-state index contributed by atoms with van der Waals surface area (Å²) in [6.07, 6.45) is -1.42. The van der Waals surface area contributed by atoms with Gasteiger partial charge in [-0.05, 0) is 41.2 Å². The lowest BCUT2D eigenvalue weighted by Crippen LogP contribution is -2.40. The Morgan fingerprint density at radius 2 is 1.81 bits per heavy atom. The molecule has 0 saturated heterocycles. The van der Waals surface area contributed by atoms with Gasteiger partial charge >= 0.3 is 5.97 Å². The number of carbonyl (C=O) groups excluding carboxylic acids is 1. The summed E-state index contributed by atoms with van der Waals surface area (Å²) in [7, 11) is 0. The summed E-state index contributed by atoms with van der Waals surface area (Å²) < 4.78 is 5.11. The zero-order valence-electron chi connectivity index (χ0n) is 17.8. The number of carbonyl (C=O) groups is 2. The van der Waals surface area contributed by atoms with E-state index in [0.29, 0.717) is 17.1 Å². The van der Waals surface area contributed by atoms with Crippen molar-refractivity contribution in [1.29, 1.82) is 0 Å². The number of halogens is 1. The second-order valence-electron chi connectivity index (χ2n) is 7.94. The molecule has 0 aliphatic rings. The van der Waals surface area contributed by atoms with Gasteiger partial charge in [0.05, 0.1) is 5.69 Å². The third kappa shape index (κ3) is 6.18. The van der Waals surface area contributed by atoms with E-state index in [1.165, 1.54) is 0 Å². The molecule has 0 radical (unpaired) electrons. The smallest absolute Gasteiger partial charge is 0.332 e. The van der Waals surface area contributed by atoms with Gasteiger partial charge < -0.3 is 20.1 Å². The largest absolute Gasteiger partial charge is 0.479 e. The minimum Gasteiger partial charge on any atom is -0.479 e. The number of benzene rings is 2. The van der Waals surface area contributed by atoms with Crippen LogP contribution in [0.25, 0.3) is 11.1 Å². The van der Waals surface area contributed by atoms with Crippen molar-refractivity contribution in [2.75, 3.05) is 0 Å². The summed E-state index contributed by atoms with van der Waals surface area (Å²) >= 11 is 6.06. The number of aliphatic hydroxyl groups excluding tert-OH is 1. The highest BCUT2D eigenvalue weighted by molar-refractivity contribution is 6.30. The van der Waals surface area contributed by atoms with E-state index in [1.54, 1.807) is 12.1 Å². The Labute approximate surface area is 191 Å². The Morgan fingerprint density at radius 1 is 1.09 bits per heavy atom. The molecule has 2 atom stereocenters. The number of nitrogens with zero attached hydrogens (tertiary/aromatic N) is 1. The van der Waals surface area contributed by atoms with E-state index in [-0.39, 0.29) is 18.1 Å². The minimum absolute atomic E-state index is 0.0415. The van der Waals surface area contributed by atoms with Crippen molar-refractivity contribution in [2.45, 2.75) is 44.8 Å². The lowest BCUT2D eigenvalue weighted by Gasteiger charge is -2.20. The Morgan fingerprint density at radius 3 is 2.41 bits per heavy atom. The fourth-order valence-electron chi connectivity index (χ4n) is 3.27. The van der Waals surface area contributed by atoms with E-state index >= 15 is 0 Å². The summed E-state index contributed by atoms with van der Waals surface area (Å²) in [5.74, 6) is -1.72. The highest BCUT2D eigenvalue weighted by Crippen LogP contribution is 2.23. The van der Waals surface area contributed by atoms with Crippen LogP contribution in [-0.2, 0) is 11.2 Å². The van der Waals surface area contributed by atoms with E-state index in [9.17, 15) is 14.7 Å². The first kappa shape index (κ1) is 23.5. The predicted octanol–water partition coefficient (Wildman–Crippen LogP) is 4.30. The molecule has 7 nitrogen and oxygen atoms in total. The Hall–Kier alpha value is -3.16. The van der Waals surface area contributed by atoms with Gasteiger partial charge in [-0.1, -0.05) is 67.0 Å². The summed E-state index contributed by atoms with van der Waals surface area (Å²) in [4.78, 5) is 23.8. The normalized spacial score (nSPS) is 13.0. The highest BCUT2D eigenvalue weighted by atomic mass is 35.5. The summed E-state index contributed by atoms with van der Waals surface area (Å²) in [5, 5.41) is 26.2. The number of hydrogen-bond donors (Lipinski definition) is 3. The van der Waals surface area contributed by atoms with Crippen molar-refractivity contribution in [3.63, 3.8) is 0 Å². The summed E-state index contributed by atoms with van der Waals surface area (Å²) in [5.41, 5.74) is 3.47. The van der Waals surface area contributed by atoms with Crippen molar-refractivity contribution in [2.24, 2.45) is 0 Å². The molecule has 3 aromatic rings. The van der Waals surface area contributed by atoms with E-state index in [2.05, 4.69) is 10.5 Å². The van der Waals surface area contributed by atoms with Crippen LogP contribution in [0.3, 0.4) is 0 Å². The number of amides is 1. The quantitative estimate of drug-likeness (QED) is 0.442. The Kier molecular flexibility index (Phi) is 7.66. The van der Waals surface area contributed by atoms with Crippen LogP contribution >= 0.6 is 11.6 Å². The number of aliphatic carboxylic acids is 1. The molecule has 2 unspecified atom stereocenters. The van der Waals surface area contributed by atoms with Crippen LogP contribution in [-0.4, -0.2) is 39.4 Å². The third-order valence-electron chi connectivity index (χ3n) is 5.07. The molecule has 3 N–H and O–H groups in total. The van der Waals surface area contributed by atoms with Crippen LogP contribution in [0.5, 0.6) is 0 Å². The van der Waals surface area contributed by atoms with Crippen molar-refractivity contribution >= 4 is 23.5 Å². The maximum Gasteiger partial charge on any atom is 0.332 e. The standard InChI is InChI=1S/C24H25ClN2O5/c1-14(2)20-13-22(32-27-20)23(29)26-19(12-21(28)24(30)31)10-15-6-8-16(9-7-15)17-4-3-5-18(25)11-17/h3-9,11,13-14,19,21,28H,10,12H2,1-2H3,(H,26,29)(H,30,31). The topological polar surface area (TPSA) is 113 Å². The number of aromatic nitrogens is 1. The molecule has 0 aliphatic carbocycles. The third-order valence-corrected chi connectivity index (χ3v) is 5.30. The maximum absolute atomic E-state index is 12.6. The number of carboxylic acid groups (broad SMARTS) is 1. The van der Waals surface area contributed by atoms with Gasteiger partial charge in [0.25, 0.3) is 5.91 Å². The van der Waals surface area contributed by atoms with Gasteiger partial charge in [-0.2, -0.15) is 0 Å². The van der Waals surface area contributed by atoms with Gasteiger partial charge in [0.15, 0.2) is 6.10 Å². The molecular formula is C24H25ClN2O5. The fraction of sp³-hybridized carbons (Fsp3) is 0.292. The molecule has 0 fully saturated rings. The van der Waals surface area contributed by atoms with Gasteiger partial charge in [-0.15, -0.1) is 0 Å². The van der Waals surface area contributed by atoms with E-state index in [0.717, 1.165) is 16.7 Å². The Bertz CT molecular complexity index is 1080. The zero-order valence-corrected chi connectivity index (χ0v) is 18.5. The van der Waals surface area contributed by atoms with Crippen LogP contribution in [0.2, 0.25) is 5.02 Å². The average Bonchev–Trinajstić information content (AvgIpc) is 3.25. The highest BCUT2D eigenvalue weighted by Gasteiger charge is 2.24. The number of rotatable bonds is 9. The van der Waals surface area contributed by atoms with Crippen LogP contribution < -0.4 is 5.32 Å². The van der Waals surface area contributed by atoms with E-state index in [1.807, 2.05) is 56.3 Å². The lowest BCUT2D eigenvalue weighted by molar-refractivity contribution is -0.147. The maximum atomic E-state index is 12.6. The molecule has 8 heteroatoms. The van der Waals surface area contributed by atoms with Crippen LogP contribution in [0.1, 0.15) is 48.0 Å². The monoisotopic (exact) mass is 456 g/mol. The van der Waals surface area contributed by atoms with Gasteiger partial charge in [0.2, 0.25) is 5.76 Å². The van der Waals surface area contributed by atoms with E-state index < -0.39 is 24.0 Å². The molecule has 1 amide bonds. The molecular weight excluding hydrogens is 432 g/mol. The first-order chi connectivity index (χ1) is 15.2. The molecule has 0 aliphatic heterocycles. The predicted molar refractivity (Wildman–Crippen MR) is 121 cm³/mol. The van der Waals surface area contributed by atoms with Crippen LogP contribution in [0, 0.1) is 0 Å². The molecule has 3 rings (SSSR count). The molecule has 0 saturated carbocycles. The summed E-state index contributed by atoms with van der Waals surface area (Å²) in [6.45, 7) is 3.86. The molecule has 0 spiro atoms. The molecule has 0 bridgehead atoms. The fourth-order valence-corrected chi connectivity index (χ4v) is 3.46. The second kappa shape index (κ2) is 10.4. The molecule has 168 valence electrons. The first-order valence-corrected chi connectivity index (χ1v) is 10.6. The van der Waals surface area contributed by atoms with Gasteiger partial charge in [-0.3, -0.25) is 4.79 Å². The number of nitrogens with one attached hydrogen (secondary N) is 1. The van der Waals surface area contributed by atoms with Crippen LogP contribution in [0.15, 0.2) is 59.1 Å². The molecule has 1 aromatic heterocycles. The molecule has 1 heterocycles. The SMILES string of the molecule is CC(C)c1cc(C(=O)NC(Cc2ccc(-c3cccc(Cl)c3)cc2)CC(O)C(=O)O)on1. The van der Waals surface area contributed by atoms with Gasteiger partial charge in [0.1, 0.15) is 0 Å². The number of hydrogen-bond acceptors (Lipinski definition) is 5. The zero-order chi connectivity index (χ0) is 23.3. The van der Waals surface area contributed by atoms with Crippen molar-refractivity contribution in [3.8, 4) is 11.1 Å². The number of carboxylic acids is 1. The van der Waals surface area contributed by atoms with Crippen molar-refractivity contribution in [3.05, 3.63) is 76.6 Å². The second-order valence-corrected chi connectivity index (χ2v) is 8.38. The molecule has 2 aromatic carbocycles. The summed E-state index contributed by atoms with van der Waals surface area (Å²) in [6, 6.07) is 16.1. The van der Waals surface area contributed by atoms with Crippen molar-refractivity contribution < 1.29 is 24.3 Å². The van der Waals surface area contributed by atoms with Crippen LogP contribution in [0.4, 0.5) is 0 Å².